The molecule has 0 atom stereocenters. The number of nitrogens with zero attached hydrogens (tertiary/aromatic N) is 2. The fraction of sp³-hybridized carbons (Fsp3) is 0.312. The Morgan fingerprint density at radius 3 is 2.70 bits per heavy atom. The van der Waals surface area contributed by atoms with Crippen molar-refractivity contribution in [3.63, 3.8) is 0 Å². The van der Waals surface area contributed by atoms with Crippen molar-refractivity contribution in [2.45, 2.75) is 26.7 Å². The highest BCUT2D eigenvalue weighted by Crippen LogP contribution is 2.21. The third-order valence-corrected chi connectivity index (χ3v) is 3.39. The van der Waals surface area contributed by atoms with Crippen LogP contribution in [0.15, 0.2) is 30.6 Å². The summed E-state index contributed by atoms with van der Waals surface area (Å²) in [5.74, 6) is 0.670. The maximum Gasteiger partial charge on any atom is 0.269 e. The van der Waals surface area contributed by atoms with Crippen LogP contribution in [0.25, 0.3) is 0 Å². The predicted octanol–water partition coefficient (Wildman–Crippen LogP) is 2.34. The van der Waals surface area contributed by atoms with Gasteiger partial charge < -0.3 is 11.1 Å². The molecule has 5 N–H and O–H groups in total. The van der Waals surface area contributed by atoms with E-state index in [-0.39, 0.29) is 5.91 Å². The summed E-state index contributed by atoms with van der Waals surface area (Å²) in [5.41, 5.74) is 13.2. The zero-order valence-corrected chi connectivity index (χ0v) is 13.4. The highest BCUT2D eigenvalue weighted by molar-refractivity contribution is 5.96. The number of hydrogen-bond acceptors (Lipinski definition) is 6. The number of unbranched alkanes of at least 4 members (excludes halogenated alkanes) is 1. The van der Waals surface area contributed by atoms with Crippen molar-refractivity contribution in [2.75, 3.05) is 23.0 Å². The lowest BCUT2D eigenvalue weighted by atomic mass is 10.1. The molecule has 0 aliphatic carbocycles. The van der Waals surface area contributed by atoms with E-state index in [9.17, 15) is 4.79 Å². The minimum absolute atomic E-state index is 0.249. The van der Waals surface area contributed by atoms with Gasteiger partial charge in [0, 0.05) is 12.1 Å². The molecular weight excluding hydrogens is 292 g/mol. The van der Waals surface area contributed by atoms with E-state index in [0.29, 0.717) is 22.9 Å². The molecule has 7 heteroatoms. The van der Waals surface area contributed by atoms with Crippen molar-refractivity contribution < 1.29 is 4.79 Å². The van der Waals surface area contributed by atoms with Crippen LogP contribution >= 0.6 is 0 Å². The summed E-state index contributed by atoms with van der Waals surface area (Å²) in [5, 5.41) is 3.15. The molecule has 7 nitrogen and oxygen atoms in total. The first-order chi connectivity index (χ1) is 11.1. The number of carbonyl (C=O) groups is 1. The van der Waals surface area contributed by atoms with E-state index < -0.39 is 0 Å². The number of hydrazine groups is 1. The number of nitrogen functional groups attached to an aromatic ring is 1. The molecule has 1 amide bonds. The normalized spacial score (nSPS) is 10.2. The smallest absolute Gasteiger partial charge is 0.269 e. The van der Waals surface area contributed by atoms with Gasteiger partial charge in [-0.3, -0.25) is 15.6 Å². The Morgan fingerprint density at radius 1 is 1.22 bits per heavy atom. The molecule has 0 unspecified atom stereocenters. The maximum atomic E-state index is 12.2. The summed E-state index contributed by atoms with van der Waals surface area (Å²) in [7, 11) is 0. The Balaban J connectivity index is 2.02. The Bertz CT molecular complexity index is 673. The van der Waals surface area contributed by atoms with Crippen LogP contribution in [0, 0.1) is 6.92 Å². The standard InChI is InChI=1S/C16H22N6O/c1-3-4-9-18-14-13(17)15(20-10-19-14)21-22-16(23)12-8-6-5-7-11(12)2/h5-8,10H,3-4,9,17H2,1-2H3,(H,22,23)(H2,18,19,20,21). The van der Waals surface area contributed by atoms with E-state index in [1.54, 1.807) is 6.07 Å². The molecule has 2 rings (SSSR count). The molecule has 1 aromatic carbocycles. The van der Waals surface area contributed by atoms with Crippen LogP contribution < -0.4 is 21.9 Å². The summed E-state index contributed by atoms with van der Waals surface area (Å²) in [6, 6.07) is 7.34. The number of carbonyl (C=O) groups excluding carboxylic acids is 1. The largest absolute Gasteiger partial charge is 0.393 e. The van der Waals surface area contributed by atoms with E-state index >= 15 is 0 Å². The highest BCUT2D eigenvalue weighted by atomic mass is 16.2. The minimum Gasteiger partial charge on any atom is -0.393 e. The molecular formula is C16H22N6O. The maximum absolute atomic E-state index is 12.2. The molecule has 1 heterocycles. The van der Waals surface area contributed by atoms with Crippen LogP contribution in [-0.4, -0.2) is 22.4 Å². The number of nitrogens with two attached hydrogens (primary N) is 1. The fourth-order valence-corrected chi connectivity index (χ4v) is 2.03. The molecule has 0 bridgehead atoms. The summed E-state index contributed by atoms with van der Waals surface area (Å²) in [6.45, 7) is 4.77. The van der Waals surface area contributed by atoms with Gasteiger partial charge in [-0.05, 0) is 25.0 Å². The number of aromatic nitrogens is 2. The molecule has 0 saturated heterocycles. The number of aryl methyl sites for hydroxylation is 1. The van der Waals surface area contributed by atoms with Crippen molar-refractivity contribution in [2.24, 2.45) is 0 Å². The molecule has 0 aliphatic heterocycles. The topological polar surface area (TPSA) is 105 Å². The lowest BCUT2D eigenvalue weighted by Crippen LogP contribution is -2.31. The monoisotopic (exact) mass is 314 g/mol. The average molecular weight is 314 g/mol. The number of benzene rings is 1. The lowest BCUT2D eigenvalue weighted by molar-refractivity contribution is 0.0962. The molecule has 23 heavy (non-hydrogen) atoms. The van der Waals surface area contributed by atoms with Crippen LogP contribution in [0.2, 0.25) is 0 Å². The highest BCUT2D eigenvalue weighted by Gasteiger charge is 2.11. The van der Waals surface area contributed by atoms with Crippen molar-refractivity contribution in [1.29, 1.82) is 0 Å². The summed E-state index contributed by atoms with van der Waals surface area (Å²) < 4.78 is 0. The van der Waals surface area contributed by atoms with Gasteiger partial charge in [-0.25, -0.2) is 9.97 Å². The summed E-state index contributed by atoms with van der Waals surface area (Å²) in [6.07, 6.45) is 3.50. The van der Waals surface area contributed by atoms with Crippen molar-refractivity contribution in [3.05, 3.63) is 41.7 Å². The third kappa shape index (κ3) is 4.32. The summed E-state index contributed by atoms with van der Waals surface area (Å²) >= 11 is 0. The van der Waals surface area contributed by atoms with Gasteiger partial charge in [-0.2, -0.15) is 0 Å². The quantitative estimate of drug-likeness (QED) is 0.462. The van der Waals surface area contributed by atoms with Gasteiger partial charge in [0.25, 0.3) is 5.91 Å². The number of amides is 1. The Labute approximate surface area is 135 Å². The fourth-order valence-electron chi connectivity index (χ4n) is 2.03. The first-order valence-corrected chi connectivity index (χ1v) is 7.59. The molecule has 122 valence electrons. The molecule has 0 radical (unpaired) electrons. The second-order valence-corrected chi connectivity index (χ2v) is 5.16. The van der Waals surface area contributed by atoms with Gasteiger partial charge in [-0.1, -0.05) is 31.5 Å². The van der Waals surface area contributed by atoms with Crippen molar-refractivity contribution >= 4 is 23.2 Å². The van der Waals surface area contributed by atoms with Gasteiger partial charge in [0.05, 0.1) is 0 Å². The van der Waals surface area contributed by atoms with E-state index in [1.165, 1.54) is 6.33 Å². The molecule has 0 aliphatic rings. The predicted molar refractivity (Wildman–Crippen MR) is 92.1 cm³/mol. The van der Waals surface area contributed by atoms with Crippen LogP contribution in [0.1, 0.15) is 35.7 Å². The van der Waals surface area contributed by atoms with E-state index in [4.69, 9.17) is 5.73 Å². The number of rotatable bonds is 7. The minimum atomic E-state index is -0.249. The zero-order valence-electron chi connectivity index (χ0n) is 13.4. The first-order valence-electron chi connectivity index (χ1n) is 7.59. The molecule has 0 saturated carbocycles. The molecule has 1 aromatic heterocycles. The van der Waals surface area contributed by atoms with Gasteiger partial charge in [-0.15, -0.1) is 0 Å². The Kier molecular flexibility index (Phi) is 5.74. The SMILES string of the molecule is CCCCNc1ncnc(NNC(=O)c2ccccc2C)c1N. The van der Waals surface area contributed by atoms with Gasteiger partial charge in [0.2, 0.25) is 0 Å². The lowest BCUT2D eigenvalue weighted by Gasteiger charge is -2.13. The van der Waals surface area contributed by atoms with Crippen LogP contribution in [0.3, 0.4) is 0 Å². The molecule has 0 spiro atoms. The molecule has 2 aromatic rings. The Morgan fingerprint density at radius 2 is 1.96 bits per heavy atom. The molecule has 0 fully saturated rings. The van der Waals surface area contributed by atoms with Crippen molar-refractivity contribution in [1.82, 2.24) is 15.4 Å². The van der Waals surface area contributed by atoms with Gasteiger partial charge >= 0.3 is 0 Å². The van der Waals surface area contributed by atoms with Gasteiger partial charge in [0.15, 0.2) is 11.6 Å². The number of anilines is 3. The second kappa shape index (κ2) is 7.98. The Hall–Kier alpha value is -2.83. The van der Waals surface area contributed by atoms with Crippen molar-refractivity contribution in [3.8, 4) is 0 Å². The van der Waals surface area contributed by atoms with E-state index in [0.717, 1.165) is 24.9 Å². The third-order valence-electron chi connectivity index (χ3n) is 3.39. The van der Waals surface area contributed by atoms with Crippen LogP contribution in [0.4, 0.5) is 17.3 Å². The van der Waals surface area contributed by atoms with Gasteiger partial charge in [0.1, 0.15) is 12.0 Å². The second-order valence-electron chi connectivity index (χ2n) is 5.16. The summed E-state index contributed by atoms with van der Waals surface area (Å²) in [4.78, 5) is 20.3. The van der Waals surface area contributed by atoms with E-state index in [1.807, 2.05) is 25.1 Å². The number of nitrogens with one attached hydrogen (secondary N) is 3. The van der Waals surface area contributed by atoms with E-state index in [2.05, 4.69) is 33.1 Å². The van der Waals surface area contributed by atoms with Crippen LogP contribution in [-0.2, 0) is 0 Å². The van der Waals surface area contributed by atoms with Crippen LogP contribution in [0.5, 0.6) is 0 Å². The average Bonchev–Trinajstić information content (AvgIpc) is 2.55. The first kappa shape index (κ1) is 16.5. The number of hydrogen-bond donors (Lipinski definition) is 4. The zero-order chi connectivity index (χ0) is 16.7.